The number of nitrogens with one attached hydrogen (secondary N) is 3. The second kappa shape index (κ2) is 13.8. The van der Waals surface area contributed by atoms with E-state index >= 15 is 0 Å². The van der Waals surface area contributed by atoms with Crippen LogP contribution in [0.5, 0.6) is 5.75 Å². The van der Waals surface area contributed by atoms with E-state index in [2.05, 4.69) is 16.2 Å². The van der Waals surface area contributed by atoms with E-state index in [9.17, 15) is 14.4 Å². The number of carbonyl (C=O) groups is 3. The molecule has 0 saturated heterocycles. The molecule has 3 N–H and O–H groups in total. The lowest BCUT2D eigenvalue weighted by Crippen LogP contribution is -2.49. The van der Waals surface area contributed by atoms with Crippen LogP contribution in [0.4, 0.5) is 0 Å². The van der Waals surface area contributed by atoms with Gasteiger partial charge in [-0.05, 0) is 61.7 Å². The molecule has 0 heterocycles. The van der Waals surface area contributed by atoms with Gasteiger partial charge in [-0.3, -0.25) is 25.2 Å². The van der Waals surface area contributed by atoms with Gasteiger partial charge in [0.1, 0.15) is 5.75 Å². The van der Waals surface area contributed by atoms with Crippen LogP contribution in [0, 0.1) is 13.8 Å². The van der Waals surface area contributed by atoms with Gasteiger partial charge in [0.25, 0.3) is 5.91 Å². The molecule has 33 heavy (non-hydrogen) atoms. The Morgan fingerprint density at radius 1 is 0.909 bits per heavy atom. The van der Waals surface area contributed by atoms with Crippen LogP contribution in [0.25, 0.3) is 0 Å². The van der Waals surface area contributed by atoms with Gasteiger partial charge in [0.2, 0.25) is 5.91 Å². The number of carbonyl (C=O) groups excluding carboxylic acids is 3. The van der Waals surface area contributed by atoms with E-state index in [-0.39, 0.29) is 24.6 Å². The van der Waals surface area contributed by atoms with Crippen molar-refractivity contribution in [2.45, 2.75) is 39.5 Å². The molecule has 2 amide bonds. The van der Waals surface area contributed by atoms with Gasteiger partial charge in [0.05, 0.1) is 13.0 Å². The van der Waals surface area contributed by atoms with Crippen molar-refractivity contribution in [2.75, 3.05) is 13.2 Å². The summed E-state index contributed by atoms with van der Waals surface area (Å²) in [6.07, 6.45) is 1.39. The third-order valence-corrected chi connectivity index (χ3v) is 4.96. The van der Waals surface area contributed by atoms with E-state index in [0.717, 1.165) is 17.5 Å². The van der Waals surface area contributed by atoms with Crippen LogP contribution in [0.1, 0.15) is 36.0 Å². The van der Waals surface area contributed by atoms with E-state index in [4.69, 9.17) is 21.7 Å². The van der Waals surface area contributed by atoms with E-state index in [1.165, 1.54) is 5.56 Å². The molecule has 2 aromatic carbocycles. The van der Waals surface area contributed by atoms with Gasteiger partial charge in [-0.15, -0.1) is 0 Å². The quantitative estimate of drug-likeness (QED) is 0.212. The van der Waals surface area contributed by atoms with Crippen LogP contribution in [-0.4, -0.2) is 36.1 Å². The molecule has 0 fully saturated rings. The molecule has 0 aliphatic carbocycles. The number of rotatable bonds is 10. The van der Waals surface area contributed by atoms with Gasteiger partial charge in [-0.1, -0.05) is 42.5 Å². The van der Waals surface area contributed by atoms with Crippen LogP contribution in [-0.2, 0) is 25.5 Å². The number of esters is 1. The minimum Gasteiger partial charge on any atom is -0.483 e. The van der Waals surface area contributed by atoms with Crippen LogP contribution >= 0.6 is 12.2 Å². The fourth-order valence-corrected chi connectivity index (χ4v) is 2.97. The van der Waals surface area contributed by atoms with Crippen molar-refractivity contribution >= 4 is 35.1 Å². The molecule has 0 aliphatic heterocycles. The Hall–Kier alpha value is -3.46. The smallest absolute Gasteiger partial charge is 0.306 e. The number of hydrazine groups is 1. The minimum atomic E-state index is -0.466. The molecule has 0 radical (unpaired) electrons. The molecule has 9 heteroatoms. The monoisotopic (exact) mass is 471 g/mol. The summed E-state index contributed by atoms with van der Waals surface area (Å²) in [4.78, 5) is 35.6. The third kappa shape index (κ3) is 10.1. The summed E-state index contributed by atoms with van der Waals surface area (Å²) in [6, 6.07) is 15.5. The van der Waals surface area contributed by atoms with Gasteiger partial charge in [-0.2, -0.15) is 0 Å². The van der Waals surface area contributed by atoms with E-state index < -0.39 is 17.8 Å². The highest BCUT2D eigenvalue weighted by Gasteiger charge is 2.11. The highest BCUT2D eigenvalue weighted by atomic mass is 32.1. The van der Waals surface area contributed by atoms with Gasteiger partial charge in [0, 0.05) is 6.42 Å². The number of hydrogen-bond donors (Lipinski definition) is 3. The minimum absolute atomic E-state index is 0.0597. The summed E-state index contributed by atoms with van der Waals surface area (Å²) in [5.41, 5.74) is 7.96. The van der Waals surface area contributed by atoms with Crippen molar-refractivity contribution in [2.24, 2.45) is 0 Å². The summed E-state index contributed by atoms with van der Waals surface area (Å²) in [5, 5.41) is 2.30. The maximum Gasteiger partial charge on any atom is 0.306 e. The lowest BCUT2D eigenvalue weighted by atomic mass is 10.1. The fraction of sp³-hybridized carbons (Fsp3) is 0.333. The van der Waals surface area contributed by atoms with E-state index in [1.807, 2.05) is 56.3 Å². The Kier molecular flexibility index (Phi) is 10.8. The Bertz CT molecular complexity index is 966. The normalized spacial score (nSPS) is 10.1. The molecule has 0 atom stereocenters. The molecule has 8 nitrogen and oxygen atoms in total. The van der Waals surface area contributed by atoms with Crippen molar-refractivity contribution < 1.29 is 23.9 Å². The zero-order valence-corrected chi connectivity index (χ0v) is 19.6. The molecule has 2 aromatic rings. The fourth-order valence-electron chi connectivity index (χ4n) is 2.80. The molecular formula is C24H29N3O5S. The Labute approximate surface area is 199 Å². The van der Waals surface area contributed by atoms with Crippen molar-refractivity contribution in [3.05, 3.63) is 65.2 Å². The maximum atomic E-state index is 11.9. The lowest BCUT2D eigenvalue weighted by Gasteiger charge is -2.13. The lowest BCUT2D eigenvalue weighted by molar-refractivity contribution is -0.145. The first-order valence-electron chi connectivity index (χ1n) is 10.6. The summed E-state index contributed by atoms with van der Waals surface area (Å²) in [5.74, 6) is -0.761. The Balaban J connectivity index is 1.55. The molecule has 0 aliphatic rings. The second-order valence-electron chi connectivity index (χ2n) is 7.35. The predicted octanol–water partition coefficient (Wildman–Crippen LogP) is 2.66. The SMILES string of the molecule is Cc1cccc(OCC(=O)NNC(=S)NC(=O)CCC(=O)OCCCc2ccccc2)c1C. The molecule has 176 valence electrons. The summed E-state index contributed by atoms with van der Waals surface area (Å²) < 4.78 is 10.6. The number of hydrogen-bond acceptors (Lipinski definition) is 6. The first-order valence-corrected chi connectivity index (χ1v) is 11.0. The molecular weight excluding hydrogens is 442 g/mol. The molecule has 0 aromatic heterocycles. The Morgan fingerprint density at radius 2 is 1.67 bits per heavy atom. The number of thiocarbonyl (C=S) groups is 1. The largest absolute Gasteiger partial charge is 0.483 e. The molecule has 0 spiro atoms. The number of ether oxygens (including phenoxy) is 2. The first kappa shape index (κ1) is 25.8. The average molecular weight is 472 g/mol. The molecule has 0 bridgehead atoms. The Morgan fingerprint density at radius 3 is 2.42 bits per heavy atom. The van der Waals surface area contributed by atoms with Crippen molar-refractivity contribution in [1.29, 1.82) is 0 Å². The second-order valence-corrected chi connectivity index (χ2v) is 7.76. The zero-order valence-electron chi connectivity index (χ0n) is 18.8. The number of benzene rings is 2. The van der Waals surface area contributed by atoms with Gasteiger partial charge >= 0.3 is 5.97 Å². The number of amides is 2. The van der Waals surface area contributed by atoms with Crippen LogP contribution in [0.15, 0.2) is 48.5 Å². The third-order valence-electron chi connectivity index (χ3n) is 4.75. The number of aryl methyl sites for hydroxylation is 2. The van der Waals surface area contributed by atoms with Crippen LogP contribution < -0.4 is 20.9 Å². The van der Waals surface area contributed by atoms with Crippen molar-refractivity contribution in [1.82, 2.24) is 16.2 Å². The van der Waals surface area contributed by atoms with Gasteiger partial charge in [0.15, 0.2) is 11.7 Å². The van der Waals surface area contributed by atoms with Gasteiger partial charge in [-0.25, -0.2) is 0 Å². The topological polar surface area (TPSA) is 106 Å². The summed E-state index contributed by atoms with van der Waals surface area (Å²) >= 11 is 4.96. The molecule has 2 rings (SSSR count). The van der Waals surface area contributed by atoms with Gasteiger partial charge < -0.3 is 14.8 Å². The predicted molar refractivity (Wildman–Crippen MR) is 128 cm³/mol. The molecule has 0 unspecified atom stereocenters. The summed E-state index contributed by atoms with van der Waals surface area (Å²) in [6.45, 7) is 3.94. The van der Waals surface area contributed by atoms with Crippen LogP contribution in [0.3, 0.4) is 0 Å². The van der Waals surface area contributed by atoms with Crippen molar-refractivity contribution in [3.8, 4) is 5.75 Å². The van der Waals surface area contributed by atoms with Crippen LogP contribution in [0.2, 0.25) is 0 Å². The highest BCUT2D eigenvalue weighted by molar-refractivity contribution is 7.80. The zero-order chi connectivity index (χ0) is 24.1. The standard InChI is InChI=1S/C24H29N3O5S/c1-17-8-6-12-20(18(17)2)32-16-22(29)26-27-24(33)25-21(28)13-14-23(30)31-15-7-11-19-9-4-3-5-10-19/h3-6,8-10,12H,7,11,13-16H2,1-2H3,(H,26,29)(H2,25,27,28,33). The summed E-state index contributed by atoms with van der Waals surface area (Å²) in [7, 11) is 0. The maximum absolute atomic E-state index is 11.9. The van der Waals surface area contributed by atoms with Crippen molar-refractivity contribution in [3.63, 3.8) is 0 Å². The first-order chi connectivity index (χ1) is 15.8. The van der Waals surface area contributed by atoms with E-state index in [1.54, 1.807) is 6.07 Å². The molecule has 0 saturated carbocycles. The van der Waals surface area contributed by atoms with E-state index in [0.29, 0.717) is 18.8 Å². The average Bonchev–Trinajstić information content (AvgIpc) is 2.81. The highest BCUT2D eigenvalue weighted by Crippen LogP contribution is 2.20.